The SMILES string of the molecule is C=C1OC(C)=C(COC(=O)c2cccc3nc(OCC)n(Cc4ccc(C5=CCCC=C5c5noc(=O)[nH]5)cc4)c23)O1. The smallest absolute Gasteiger partial charge is 0.439 e. The molecule has 2 aromatic carbocycles. The van der Waals surface area contributed by atoms with Crippen LogP contribution >= 0.6 is 0 Å². The zero-order chi connectivity index (χ0) is 29.2. The van der Waals surface area contributed by atoms with Crippen molar-refractivity contribution < 1.29 is 28.3 Å². The molecule has 0 spiro atoms. The number of imidazole rings is 1. The Bertz CT molecular complexity index is 1840. The lowest BCUT2D eigenvalue weighted by atomic mass is 9.91. The lowest BCUT2D eigenvalue weighted by Crippen LogP contribution is -2.12. The van der Waals surface area contributed by atoms with E-state index in [2.05, 4.69) is 27.8 Å². The van der Waals surface area contributed by atoms with Gasteiger partial charge in [0.2, 0.25) is 0 Å². The highest BCUT2D eigenvalue weighted by molar-refractivity contribution is 6.04. The number of carbonyl (C=O) groups is 1. The Hall–Kier alpha value is -5.32. The van der Waals surface area contributed by atoms with Crippen LogP contribution in [-0.2, 0) is 20.8 Å². The van der Waals surface area contributed by atoms with Crippen LogP contribution in [0.4, 0.5) is 0 Å². The van der Waals surface area contributed by atoms with E-state index in [4.69, 9.17) is 23.5 Å². The lowest BCUT2D eigenvalue weighted by molar-refractivity contribution is 0.0488. The van der Waals surface area contributed by atoms with E-state index in [1.807, 2.05) is 47.9 Å². The second-order valence-corrected chi connectivity index (χ2v) is 9.67. The van der Waals surface area contributed by atoms with Crippen molar-refractivity contribution in [1.82, 2.24) is 19.7 Å². The molecule has 11 nitrogen and oxygen atoms in total. The van der Waals surface area contributed by atoms with Crippen LogP contribution in [0.25, 0.3) is 22.2 Å². The number of allylic oxidation sites excluding steroid dienone is 5. The largest absolute Gasteiger partial charge is 0.465 e. The standard InChI is InChI=1S/C31H28N4O7/c1-4-38-30-32-25-11-7-10-24(29(36)39-17-26-18(2)40-19(3)41-26)27(25)35(30)16-20-12-14-21(15-13-20)22-8-5-6-9-23(22)28-33-31(37)42-34-28/h7-15H,3-6,16-17H2,1-2H3,(H,33,34,37). The Morgan fingerprint density at radius 3 is 2.57 bits per heavy atom. The topological polar surface area (TPSA) is 131 Å². The fourth-order valence-corrected chi connectivity index (χ4v) is 5.00. The lowest BCUT2D eigenvalue weighted by Gasteiger charge is -2.15. The highest BCUT2D eigenvalue weighted by Crippen LogP contribution is 2.34. The molecule has 2 aromatic heterocycles. The van der Waals surface area contributed by atoms with Crippen LogP contribution in [0.2, 0.25) is 0 Å². The monoisotopic (exact) mass is 568 g/mol. The Morgan fingerprint density at radius 1 is 1.10 bits per heavy atom. The molecule has 0 amide bonds. The summed E-state index contributed by atoms with van der Waals surface area (Å²) in [5, 5.41) is 3.87. The summed E-state index contributed by atoms with van der Waals surface area (Å²) in [5.41, 5.74) is 5.30. The molecule has 0 radical (unpaired) electrons. The van der Waals surface area contributed by atoms with Gasteiger partial charge in [0.05, 0.1) is 29.7 Å². The van der Waals surface area contributed by atoms with Gasteiger partial charge in [-0.3, -0.25) is 14.1 Å². The number of benzene rings is 2. The van der Waals surface area contributed by atoms with Gasteiger partial charge in [0, 0.05) is 5.57 Å². The molecular formula is C31H28N4O7. The van der Waals surface area contributed by atoms with E-state index in [-0.39, 0.29) is 12.6 Å². The van der Waals surface area contributed by atoms with Crippen molar-refractivity contribution in [1.29, 1.82) is 0 Å². The summed E-state index contributed by atoms with van der Waals surface area (Å²) in [7, 11) is 0. The number of esters is 1. The first-order valence-corrected chi connectivity index (χ1v) is 13.5. The number of carbonyl (C=O) groups excluding carboxylic acids is 1. The molecule has 0 atom stereocenters. The van der Waals surface area contributed by atoms with Gasteiger partial charge in [0.1, 0.15) is 5.76 Å². The van der Waals surface area contributed by atoms with Crippen molar-refractivity contribution in [3.8, 4) is 6.01 Å². The maximum atomic E-state index is 13.3. The Balaban J connectivity index is 1.28. The fourth-order valence-electron chi connectivity index (χ4n) is 5.00. The van der Waals surface area contributed by atoms with E-state index in [9.17, 15) is 9.59 Å². The number of hydrogen-bond acceptors (Lipinski definition) is 9. The number of fused-ring (bicyclic) bond motifs is 1. The number of nitrogens with zero attached hydrogens (tertiary/aromatic N) is 3. The van der Waals surface area contributed by atoms with Crippen molar-refractivity contribution in [2.75, 3.05) is 13.2 Å². The number of para-hydroxylation sites is 1. The van der Waals surface area contributed by atoms with Crippen LogP contribution in [-0.4, -0.2) is 38.9 Å². The summed E-state index contributed by atoms with van der Waals surface area (Å²) >= 11 is 0. The average molecular weight is 569 g/mol. The molecule has 2 aliphatic rings. The molecule has 11 heteroatoms. The molecule has 1 aliphatic heterocycles. The molecule has 4 aromatic rings. The average Bonchev–Trinajstić information content (AvgIpc) is 3.68. The second-order valence-electron chi connectivity index (χ2n) is 9.67. The molecule has 1 aliphatic carbocycles. The maximum Gasteiger partial charge on any atom is 0.439 e. The normalized spacial score (nSPS) is 14.9. The number of aromatic nitrogens is 4. The number of ether oxygens (including phenoxy) is 4. The molecule has 42 heavy (non-hydrogen) atoms. The summed E-state index contributed by atoms with van der Waals surface area (Å²) in [4.78, 5) is 32.1. The molecule has 0 unspecified atom stereocenters. The van der Waals surface area contributed by atoms with E-state index in [0.717, 1.165) is 35.1 Å². The first-order valence-electron chi connectivity index (χ1n) is 13.5. The zero-order valence-electron chi connectivity index (χ0n) is 23.1. The molecule has 6 rings (SSSR count). The maximum absolute atomic E-state index is 13.3. The summed E-state index contributed by atoms with van der Waals surface area (Å²) in [6.45, 7) is 7.93. The molecule has 214 valence electrons. The predicted molar refractivity (Wildman–Crippen MR) is 153 cm³/mol. The number of rotatable bonds is 9. The predicted octanol–water partition coefficient (Wildman–Crippen LogP) is 5.33. The minimum absolute atomic E-state index is 0.0947. The molecule has 0 fully saturated rings. The van der Waals surface area contributed by atoms with Gasteiger partial charge < -0.3 is 18.9 Å². The highest BCUT2D eigenvalue weighted by Gasteiger charge is 2.24. The molecule has 0 saturated heterocycles. The van der Waals surface area contributed by atoms with E-state index < -0.39 is 11.7 Å². The third kappa shape index (κ3) is 5.24. The molecule has 3 heterocycles. The third-order valence-electron chi connectivity index (χ3n) is 6.91. The number of hydrogen-bond donors (Lipinski definition) is 1. The first kappa shape index (κ1) is 26.9. The van der Waals surface area contributed by atoms with Gasteiger partial charge in [-0.15, -0.1) is 0 Å². The van der Waals surface area contributed by atoms with Crippen molar-refractivity contribution in [3.05, 3.63) is 112 Å². The van der Waals surface area contributed by atoms with Crippen molar-refractivity contribution in [3.63, 3.8) is 0 Å². The van der Waals surface area contributed by atoms with Gasteiger partial charge in [0.15, 0.2) is 18.2 Å². The van der Waals surface area contributed by atoms with Crippen molar-refractivity contribution >= 4 is 28.1 Å². The minimum atomic E-state index is -0.592. The van der Waals surface area contributed by atoms with Gasteiger partial charge in [-0.05, 0) is 62.1 Å². The van der Waals surface area contributed by atoms with E-state index in [1.165, 1.54) is 0 Å². The van der Waals surface area contributed by atoms with Gasteiger partial charge in [-0.2, -0.15) is 4.98 Å². The van der Waals surface area contributed by atoms with E-state index >= 15 is 0 Å². The third-order valence-corrected chi connectivity index (χ3v) is 6.91. The van der Waals surface area contributed by atoms with E-state index in [1.54, 1.807) is 19.1 Å². The van der Waals surface area contributed by atoms with Gasteiger partial charge in [-0.1, -0.05) is 47.6 Å². The molecule has 1 N–H and O–H groups in total. The van der Waals surface area contributed by atoms with Crippen LogP contribution < -0.4 is 10.5 Å². The van der Waals surface area contributed by atoms with Gasteiger partial charge in [0.25, 0.3) is 12.0 Å². The van der Waals surface area contributed by atoms with Crippen LogP contribution in [0.3, 0.4) is 0 Å². The highest BCUT2D eigenvalue weighted by atomic mass is 16.7. The van der Waals surface area contributed by atoms with Crippen LogP contribution in [0.15, 0.2) is 88.0 Å². The van der Waals surface area contributed by atoms with Crippen molar-refractivity contribution in [2.45, 2.75) is 33.2 Å². The minimum Gasteiger partial charge on any atom is -0.465 e. The van der Waals surface area contributed by atoms with Gasteiger partial charge >= 0.3 is 11.7 Å². The van der Waals surface area contributed by atoms with E-state index in [0.29, 0.717) is 53.1 Å². The summed E-state index contributed by atoms with van der Waals surface area (Å²) < 4.78 is 28.7. The quantitative estimate of drug-likeness (QED) is 0.266. The summed E-state index contributed by atoms with van der Waals surface area (Å²) in [5.74, 6) is 0.321. The molecule has 0 saturated carbocycles. The Labute approximate surface area is 240 Å². The zero-order valence-corrected chi connectivity index (χ0v) is 23.1. The van der Waals surface area contributed by atoms with Crippen LogP contribution in [0.5, 0.6) is 6.01 Å². The van der Waals surface area contributed by atoms with Crippen LogP contribution in [0, 0.1) is 0 Å². The van der Waals surface area contributed by atoms with Crippen molar-refractivity contribution in [2.24, 2.45) is 0 Å². The summed E-state index contributed by atoms with van der Waals surface area (Å²) in [6.07, 6.45) is 5.90. The summed E-state index contributed by atoms with van der Waals surface area (Å²) in [6, 6.07) is 13.7. The van der Waals surface area contributed by atoms with Crippen LogP contribution in [0.1, 0.15) is 54.0 Å². The number of nitrogens with one attached hydrogen (secondary N) is 1. The fraction of sp³-hybridized carbons (Fsp3) is 0.226. The Kier molecular flexibility index (Phi) is 7.22. The number of aromatic amines is 1. The molecular weight excluding hydrogens is 540 g/mol. The molecule has 0 bridgehead atoms. The second kappa shape index (κ2) is 11.3. The first-order chi connectivity index (χ1) is 20.4. The van der Waals surface area contributed by atoms with Gasteiger partial charge in [-0.25, -0.2) is 9.59 Å². The Morgan fingerprint density at radius 2 is 1.88 bits per heavy atom. The number of H-pyrrole nitrogens is 1.